The molecule has 1 aliphatic rings. The lowest BCUT2D eigenvalue weighted by Crippen LogP contribution is -2.57. The number of hydrogen-bond acceptors (Lipinski definition) is 5. The minimum absolute atomic E-state index is 0.0172. The van der Waals surface area contributed by atoms with Crippen molar-refractivity contribution in [1.29, 1.82) is 0 Å². The monoisotopic (exact) mass is 354 g/mol. The second-order valence-corrected chi connectivity index (χ2v) is 5.98. The van der Waals surface area contributed by atoms with E-state index in [4.69, 9.17) is 19.9 Å². The molecule has 0 spiro atoms. The van der Waals surface area contributed by atoms with Crippen LogP contribution < -0.4 is 10.5 Å². The van der Waals surface area contributed by atoms with Crippen molar-refractivity contribution in [2.75, 3.05) is 40.0 Å². The molecular formula is C17H23FN2O5. The van der Waals surface area contributed by atoms with E-state index in [9.17, 15) is 14.0 Å². The van der Waals surface area contributed by atoms with Crippen LogP contribution in [0.2, 0.25) is 0 Å². The normalized spacial score (nSPS) is 20.3. The van der Waals surface area contributed by atoms with Gasteiger partial charge in [0.2, 0.25) is 11.8 Å². The first-order valence-corrected chi connectivity index (χ1v) is 8.01. The Morgan fingerprint density at radius 3 is 2.72 bits per heavy atom. The molecule has 1 aromatic carbocycles. The van der Waals surface area contributed by atoms with E-state index in [0.717, 1.165) is 0 Å². The quantitative estimate of drug-likeness (QED) is 0.743. The van der Waals surface area contributed by atoms with Crippen LogP contribution >= 0.6 is 0 Å². The maximum atomic E-state index is 12.8. The number of benzene rings is 1. The first-order valence-electron chi connectivity index (χ1n) is 8.01. The van der Waals surface area contributed by atoms with Crippen LogP contribution in [0.1, 0.15) is 12.8 Å². The highest BCUT2D eigenvalue weighted by Crippen LogP contribution is 2.23. The van der Waals surface area contributed by atoms with Crippen molar-refractivity contribution in [2.24, 2.45) is 5.73 Å². The second-order valence-electron chi connectivity index (χ2n) is 5.98. The van der Waals surface area contributed by atoms with Crippen LogP contribution in [0.4, 0.5) is 4.39 Å². The highest BCUT2D eigenvalue weighted by Gasteiger charge is 2.39. The number of nitrogens with zero attached hydrogens (tertiary/aromatic N) is 1. The number of hydrogen-bond donors (Lipinski definition) is 1. The predicted molar refractivity (Wildman–Crippen MR) is 87.5 cm³/mol. The third-order valence-corrected chi connectivity index (χ3v) is 3.90. The number of amides is 2. The summed E-state index contributed by atoms with van der Waals surface area (Å²) in [5.74, 6) is -0.472. The summed E-state index contributed by atoms with van der Waals surface area (Å²) in [6, 6.07) is 5.60. The van der Waals surface area contributed by atoms with Crippen molar-refractivity contribution >= 4 is 11.8 Å². The Morgan fingerprint density at radius 2 is 2.08 bits per heavy atom. The number of methoxy groups -OCH3 is 1. The van der Waals surface area contributed by atoms with Gasteiger partial charge in [-0.2, -0.15) is 0 Å². The van der Waals surface area contributed by atoms with E-state index in [1.807, 2.05) is 0 Å². The Kier molecular flexibility index (Phi) is 6.72. The highest BCUT2D eigenvalue weighted by molar-refractivity contribution is 5.77. The van der Waals surface area contributed by atoms with Crippen LogP contribution in [0.5, 0.6) is 5.75 Å². The van der Waals surface area contributed by atoms with Gasteiger partial charge in [-0.3, -0.25) is 9.59 Å². The number of primary amides is 1. The fraction of sp³-hybridized carbons (Fsp3) is 0.529. The van der Waals surface area contributed by atoms with Gasteiger partial charge >= 0.3 is 0 Å². The van der Waals surface area contributed by atoms with E-state index in [0.29, 0.717) is 18.9 Å². The Bertz CT molecular complexity index is 591. The van der Waals surface area contributed by atoms with E-state index in [1.165, 1.54) is 31.4 Å². The number of morpholine rings is 1. The summed E-state index contributed by atoms with van der Waals surface area (Å²) in [5, 5.41) is 0. The van der Waals surface area contributed by atoms with Gasteiger partial charge < -0.3 is 24.8 Å². The van der Waals surface area contributed by atoms with Crippen LogP contribution in [0.25, 0.3) is 0 Å². The first kappa shape index (κ1) is 19.1. The minimum atomic E-state index is -0.910. The molecule has 1 saturated heterocycles. The Labute approximate surface area is 145 Å². The maximum absolute atomic E-state index is 12.8. The second kappa shape index (κ2) is 8.77. The van der Waals surface area contributed by atoms with Gasteiger partial charge in [-0.1, -0.05) is 0 Å². The fourth-order valence-electron chi connectivity index (χ4n) is 2.83. The lowest BCUT2D eigenvalue weighted by molar-refractivity contribution is -0.166. The summed E-state index contributed by atoms with van der Waals surface area (Å²) in [6.07, 6.45) is 0.147. The average molecular weight is 354 g/mol. The molecule has 1 heterocycles. The molecule has 1 fully saturated rings. The summed E-state index contributed by atoms with van der Waals surface area (Å²) in [4.78, 5) is 25.3. The van der Waals surface area contributed by atoms with Crippen LogP contribution in [0, 0.1) is 5.82 Å². The van der Waals surface area contributed by atoms with Gasteiger partial charge in [-0.05, 0) is 24.3 Å². The molecule has 2 rings (SSSR count). The summed E-state index contributed by atoms with van der Waals surface area (Å²) in [6.45, 7) is 1.32. The standard InChI is InChI=1S/C17H23FN2O5/c1-23-12-17(10-15(19)21)11-20(7-9-25-17)16(22)6-8-24-14-4-2-13(18)3-5-14/h2-5H,6-12H2,1H3,(H2,19,21)/t17-/m1/s1. The Morgan fingerprint density at radius 1 is 1.36 bits per heavy atom. The maximum Gasteiger partial charge on any atom is 0.226 e. The van der Waals surface area contributed by atoms with Crippen LogP contribution in [-0.4, -0.2) is 62.3 Å². The van der Waals surface area contributed by atoms with Gasteiger partial charge in [-0.15, -0.1) is 0 Å². The molecular weight excluding hydrogens is 331 g/mol. The number of ether oxygens (including phenoxy) is 3. The summed E-state index contributed by atoms with van der Waals surface area (Å²) in [5.41, 5.74) is 4.38. The number of rotatable bonds is 8. The molecule has 7 nitrogen and oxygen atoms in total. The predicted octanol–water partition coefficient (Wildman–Crippen LogP) is 0.714. The SMILES string of the molecule is COC[C@@]1(CC(N)=O)CN(C(=O)CCOc2ccc(F)cc2)CCO1. The van der Waals surface area contributed by atoms with Gasteiger partial charge in [0.1, 0.15) is 17.2 Å². The average Bonchev–Trinajstić information content (AvgIpc) is 2.56. The van der Waals surface area contributed by atoms with E-state index in [2.05, 4.69) is 0 Å². The molecule has 2 amide bonds. The van der Waals surface area contributed by atoms with E-state index >= 15 is 0 Å². The smallest absolute Gasteiger partial charge is 0.226 e. The topological polar surface area (TPSA) is 91.1 Å². The number of halogens is 1. The highest BCUT2D eigenvalue weighted by atomic mass is 19.1. The van der Waals surface area contributed by atoms with Gasteiger partial charge in [0.25, 0.3) is 0 Å². The molecule has 8 heteroatoms. The van der Waals surface area contributed by atoms with E-state index in [-0.39, 0.29) is 44.3 Å². The number of carbonyl (C=O) groups is 2. The molecule has 138 valence electrons. The lowest BCUT2D eigenvalue weighted by atomic mass is 9.97. The van der Waals surface area contributed by atoms with Gasteiger partial charge in [0.15, 0.2) is 0 Å². The van der Waals surface area contributed by atoms with Gasteiger partial charge in [-0.25, -0.2) is 4.39 Å². The number of carbonyl (C=O) groups excluding carboxylic acids is 2. The van der Waals surface area contributed by atoms with Crippen LogP contribution in [0.15, 0.2) is 24.3 Å². The molecule has 0 aromatic heterocycles. The molecule has 0 aliphatic carbocycles. The fourth-order valence-corrected chi connectivity index (χ4v) is 2.83. The summed E-state index contributed by atoms with van der Waals surface area (Å²) < 4.78 is 29.1. The van der Waals surface area contributed by atoms with Crippen molar-refractivity contribution in [1.82, 2.24) is 4.90 Å². The van der Waals surface area contributed by atoms with Crippen molar-refractivity contribution in [3.8, 4) is 5.75 Å². The van der Waals surface area contributed by atoms with Gasteiger partial charge in [0, 0.05) is 13.7 Å². The van der Waals surface area contributed by atoms with Crippen molar-refractivity contribution in [3.05, 3.63) is 30.1 Å². The van der Waals surface area contributed by atoms with Crippen molar-refractivity contribution < 1.29 is 28.2 Å². The molecule has 1 atom stereocenters. The lowest BCUT2D eigenvalue weighted by Gasteiger charge is -2.41. The molecule has 2 N–H and O–H groups in total. The Balaban J connectivity index is 1.87. The molecule has 0 bridgehead atoms. The molecule has 0 unspecified atom stereocenters. The minimum Gasteiger partial charge on any atom is -0.493 e. The summed E-state index contributed by atoms with van der Waals surface area (Å²) >= 11 is 0. The molecule has 25 heavy (non-hydrogen) atoms. The summed E-state index contributed by atoms with van der Waals surface area (Å²) in [7, 11) is 1.50. The van der Waals surface area contributed by atoms with E-state index < -0.39 is 11.5 Å². The van der Waals surface area contributed by atoms with E-state index in [1.54, 1.807) is 4.90 Å². The zero-order valence-electron chi connectivity index (χ0n) is 14.2. The zero-order valence-corrected chi connectivity index (χ0v) is 14.2. The van der Waals surface area contributed by atoms with Crippen molar-refractivity contribution in [3.63, 3.8) is 0 Å². The third kappa shape index (κ3) is 5.68. The zero-order chi connectivity index (χ0) is 18.3. The largest absolute Gasteiger partial charge is 0.493 e. The van der Waals surface area contributed by atoms with Crippen molar-refractivity contribution in [2.45, 2.75) is 18.4 Å². The molecule has 0 radical (unpaired) electrons. The molecule has 1 aromatic rings. The Hall–Kier alpha value is -2.19. The molecule has 0 saturated carbocycles. The first-order chi connectivity index (χ1) is 11.9. The number of nitrogens with two attached hydrogens (primary N) is 1. The van der Waals surface area contributed by atoms with Gasteiger partial charge in [0.05, 0.1) is 39.2 Å². The van der Waals surface area contributed by atoms with Crippen LogP contribution in [0.3, 0.4) is 0 Å². The third-order valence-electron chi connectivity index (χ3n) is 3.90. The molecule has 1 aliphatic heterocycles. The van der Waals surface area contributed by atoms with Crippen LogP contribution in [-0.2, 0) is 19.1 Å².